The minimum atomic E-state index is 0.698. The van der Waals surface area contributed by atoms with E-state index >= 15 is 0 Å². The monoisotopic (exact) mass is 203 g/mol. The number of piperidine rings is 1. The zero-order valence-electron chi connectivity index (χ0n) is 9.11. The fraction of sp³-hybridized carbons (Fsp3) is 0.583. The van der Waals surface area contributed by atoms with Gasteiger partial charge in [-0.3, -0.25) is 4.98 Å². The highest BCUT2D eigenvalue weighted by Gasteiger charge is 2.32. The number of hydrogen-bond donors (Lipinski definition) is 1. The molecule has 2 fully saturated rings. The molecule has 0 spiro atoms. The van der Waals surface area contributed by atoms with Crippen molar-refractivity contribution in [3.63, 3.8) is 0 Å². The molecule has 2 bridgehead atoms. The van der Waals surface area contributed by atoms with Crippen molar-refractivity contribution in [2.75, 3.05) is 24.5 Å². The van der Waals surface area contributed by atoms with Crippen LogP contribution in [0.4, 0.5) is 5.69 Å². The van der Waals surface area contributed by atoms with Crippen molar-refractivity contribution in [1.82, 2.24) is 10.3 Å². The Bertz CT molecular complexity index is 352. The van der Waals surface area contributed by atoms with E-state index in [1.54, 1.807) is 0 Å². The Hall–Kier alpha value is -1.09. The van der Waals surface area contributed by atoms with Crippen LogP contribution in [0.1, 0.15) is 12.0 Å². The summed E-state index contributed by atoms with van der Waals surface area (Å²) in [5.41, 5.74) is 2.53. The maximum atomic E-state index is 4.27. The molecule has 0 radical (unpaired) electrons. The third-order valence-electron chi connectivity index (χ3n) is 3.46. The lowest BCUT2D eigenvalue weighted by molar-refractivity contribution is 0.474. The van der Waals surface area contributed by atoms with Gasteiger partial charge in [0, 0.05) is 31.9 Å². The summed E-state index contributed by atoms with van der Waals surface area (Å²) >= 11 is 0. The molecular formula is C12H17N3. The first-order valence-corrected chi connectivity index (χ1v) is 5.71. The minimum Gasteiger partial charge on any atom is -0.368 e. The summed E-state index contributed by atoms with van der Waals surface area (Å²) in [5, 5.41) is 3.57. The number of nitrogens with zero attached hydrogens (tertiary/aromatic N) is 2. The molecule has 1 aromatic heterocycles. The van der Waals surface area contributed by atoms with Crippen molar-refractivity contribution < 1.29 is 0 Å². The first kappa shape index (κ1) is 9.16. The number of fused-ring (bicyclic) bond motifs is 2. The minimum absolute atomic E-state index is 0.698. The third-order valence-corrected chi connectivity index (χ3v) is 3.46. The van der Waals surface area contributed by atoms with Crippen molar-refractivity contribution in [2.24, 2.45) is 5.92 Å². The molecule has 1 N–H and O–H groups in total. The van der Waals surface area contributed by atoms with Crippen LogP contribution < -0.4 is 10.2 Å². The largest absolute Gasteiger partial charge is 0.368 e. The Morgan fingerprint density at radius 3 is 3.13 bits per heavy atom. The average Bonchev–Trinajstić information content (AvgIpc) is 2.58. The molecule has 0 amide bonds. The second-order valence-corrected chi connectivity index (χ2v) is 4.83. The van der Waals surface area contributed by atoms with Gasteiger partial charge in [0.15, 0.2) is 0 Å². The summed E-state index contributed by atoms with van der Waals surface area (Å²) in [4.78, 5) is 6.74. The van der Waals surface area contributed by atoms with Gasteiger partial charge in [-0.25, -0.2) is 0 Å². The first-order chi connectivity index (χ1) is 7.31. The lowest BCUT2D eigenvalue weighted by Crippen LogP contribution is -2.41. The van der Waals surface area contributed by atoms with Crippen LogP contribution in [0.2, 0.25) is 0 Å². The van der Waals surface area contributed by atoms with E-state index < -0.39 is 0 Å². The summed E-state index contributed by atoms with van der Waals surface area (Å²) in [6.07, 6.45) is 5.26. The lowest BCUT2D eigenvalue weighted by Gasteiger charge is -2.32. The fourth-order valence-electron chi connectivity index (χ4n) is 2.76. The van der Waals surface area contributed by atoms with E-state index in [-0.39, 0.29) is 0 Å². The van der Waals surface area contributed by atoms with Gasteiger partial charge in [0.05, 0.1) is 11.9 Å². The highest BCUT2D eigenvalue weighted by Crippen LogP contribution is 2.26. The van der Waals surface area contributed by atoms with Crippen molar-refractivity contribution in [3.8, 4) is 0 Å². The van der Waals surface area contributed by atoms with Crippen molar-refractivity contribution in [1.29, 1.82) is 0 Å². The quantitative estimate of drug-likeness (QED) is 0.743. The summed E-state index contributed by atoms with van der Waals surface area (Å²) in [6, 6.07) is 2.93. The predicted octanol–water partition coefficient (Wildman–Crippen LogP) is 1.19. The number of nitrogens with one attached hydrogen (secondary N) is 1. The van der Waals surface area contributed by atoms with E-state index in [0.717, 1.165) is 12.5 Å². The summed E-state index contributed by atoms with van der Waals surface area (Å²) < 4.78 is 0. The van der Waals surface area contributed by atoms with Crippen LogP contribution in [0.25, 0.3) is 0 Å². The van der Waals surface area contributed by atoms with E-state index in [0.29, 0.717) is 6.04 Å². The van der Waals surface area contributed by atoms with Crippen LogP contribution in [-0.2, 0) is 0 Å². The highest BCUT2D eigenvalue weighted by molar-refractivity contribution is 5.47. The van der Waals surface area contributed by atoms with Crippen molar-refractivity contribution in [3.05, 3.63) is 24.0 Å². The van der Waals surface area contributed by atoms with Gasteiger partial charge in [-0.05, 0) is 30.9 Å². The van der Waals surface area contributed by atoms with Crippen LogP contribution >= 0.6 is 0 Å². The van der Waals surface area contributed by atoms with Crippen LogP contribution in [0.3, 0.4) is 0 Å². The number of anilines is 1. The Labute approximate surface area is 90.5 Å². The molecule has 0 saturated carbocycles. The maximum Gasteiger partial charge on any atom is 0.0556 e. The van der Waals surface area contributed by atoms with Crippen molar-refractivity contribution >= 4 is 5.69 Å². The van der Waals surface area contributed by atoms with Gasteiger partial charge in [0.1, 0.15) is 0 Å². The van der Waals surface area contributed by atoms with Gasteiger partial charge in [0.25, 0.3) is 0 Å². The normalized spacial score (nSPS) is 29.5. The molecule has 3 nitrogen and oxygen atoms in total. The molecular weight excluding hydrogens is 186 g/mol. The van der Waals surface area contributed by atoms with Crippen LogP contribution in [-0.4, -0.2) is 30.7 Å². The van der Waals surface area contributed by atoms with Crippen LogP contribution in [0.15, 0.2) is 18.5 Å². The lowest BCUT2D eigenvalue weighted by atomic mass is 9.99. The molecule has 2 unspecified atom stereocenters. The molecule has 2 aliphatic heterocycles. The molecule has 15 heavy (non-hydrogen) atoms. The first-order valence-electron chi connectivity index (χ1n) is 5.71. The molecule has 2 atom stereocenters. The van der Waals surface area contributed by atoms with Gasteiger partial charge in [-0.2, -0.15) is 0 Å². The zero-order valence-corrected chi connectivity index (χ0v) is 9.11. The summed E-state index contributed by atoms with van der Waals surface area (Å²) in [5.74, 6) is 0.837. The van der Waals surface area contributed by atoms with E-state index in [9.17, 15) is 0 Å². The van der Waals surface area contributed by atoms with Crippen molar-refractivity contribution in [2.45, 2.75) is 19.4 Å². The topological polar surface area (TPSA) is 28.2 Å². The number of aryl methyl sites for hydroxylation is 1. The average molecular weight is 203 g/mol. The molecule has 0 aromatic carbocycles. The second-order valence-electron chi connectivity index (χ2n) is 4.83. The van der Waals surface area contributed by atoms with Gasteiger partial charge in [0.2, 0.25) is 0 Å². The number of rotatable bonds is 1. The van der Waals surface area contributed by atoms with E-state index in [2.05, 4.69) is 28.2 Å². The molecule has 3 rings (SSSR count). The summed E-state index contributed by atoms with van der Waals surface area (Å²) in [7, 11) is 0. The van der Waals surface area contributed by atoms with Gasteiger partial charge in [-0.1, -0.05) is 0 Å². The zero-order chi connectivity index (χ0) is 10.3. The molecule has 2 saturated heterocycles. The molecule has 0 aliphatic carbocycles. The van der Waals surface area contributed by atoms with E-state index in [1.807, 2.05) is 12.4 Å². The number of pyridine rings is 1. The van der Waals surface area contributed by atoms with Crippen LogP contribution in [0.5, 0.6) is 0 Å². The highest BCUT2D eigenvalue weighted by atomic mass is 15.2. The SMILES string of the molecule is Cc1cncc(N2CC3CNC(C3)C2)c1. The Kier molecular flexibility index (Phi) is 2.13. The molecule has 80 valence electrons. The maximum absolute atomic E-state index is 4.27. The van der Waals surface area contributed by atoms with Gasteiger partial charge in [-0.15, -0.1) is 0 Å². The smallest absolute Gasteiger partial charge is 0.0556 e. The Balaban J connectivity index is 1.83. The molecule has 3 heterocycles. The van der Waals surface area contributed by atoms with E-state index in [4.69, 9.17) is 0 Å². The molecule has 3 heteroatoms. The van der Waals surface area contributed by atoms with Crippen LogP contribution in [0, 0.1) is 12.8 Å². The fourth-order valence-corrected chi connectivity index (χ4v) is 2.76. The number of aromatic nitrogens is 1. The standard InChI is InChI=1S/C12H17N3/c1-9-2-12(6-13-4-9)15-7-10-3-11(8-15)14-5-10/h2,4,6,10-11,14H,3,5,7-8H2,1H3. The molecule has 1 aromatic rings. The van der Waals surface area contributed by atoms with E-state index in [1.165, 1.54) is 30.8 Å². The Morgan fingerprint density at radius 2 is 2.33 bits per heavy atom. The Morgan fingerprint density at radius 1 is 1.40 bits per heavy atom. The second kappa shape index (κ2) is 3.49. The van der Waals surface area contributed by atoms with Gasteiger partial charge >= 0.3 is 0 Å². The predicted molar refractivity (Wildman–Crippen MR) is 61.1 cm³/mol. The molecule has 2 aliphatic rings. The third kappa shape index (κ3) is 1.72. The summed E-state index contributed by atoms with van der Waals surface area (Å²) in [6.45, 7) is 5.63. The number of hydrogen-bond acceptors (Lipinski definition) is 3. The van der Waals surface area contributed by atoms with Gasteiger partial charge < -0.3 is 10.2 Å².